The number of hydrogen-bond donors (Lipinski definition) is 0. The van der Waals surface area contributed by atoms with E-state index in [4.69, 9.17) is 11.6 Å². The van der Waals surface area contributed by atoms with E-state index in [2.05, 4.69) is 0 Å². The molecule has 1 saturated carbocycles. The van der Waals surface area contributed by atoms with E-state index in [0.717, 1.165) is 16.4 Å². The van der Waals surface area contributed by atoms with Crippen molar-refractivity contribution in [2.75, 3.05) is 11.5 Å². The van der Waals surface area contributed by atoms with Crippen molar-refractivity contribution in [1.29, 1.82) is 0 Å². The number of rotatable bonds is 4. The fourth-order valence-corrected chi connectivity index (χ4v) is 6.96. The predicted molar refractivity (Wildman–Crippen MR) is 85.6 cm³/mol. The normalized spacial score (nSPS) is 24.0. The number of sulfonamides is 1. The van der Waals surface area contributed by atoms with Gasteiger partial charge in [0.2, 0.25) is 10.0 Å². The molecule has 1 aromatic carbocycles. The molecule has 0 aromatic heterocycles. The van der Waals surface area contributed by atoms with Crippen LogP contribution in [-0.4, -0.2) is 44.7 Å². The minimum absolute atomic E-state index is 0.120. The standard InChI is InChI=1S/C14H15ClF3NO4S2/c15-13-4-3-11(7-12(13)14(16,17)18)25(22,23)19(9-1-2-9)10-5-6-24(20,21)8-10/h3-4,7,9-10H,1-2,5-6,8H2/t10-/m1/s1. The average Bonchev–Trinajstić information content (AvgIpc) is 3.21. The van der Waals surface area contributed by atoms with Gasteiger partial charge in [0.15, 0.2) is 9.84 Å². The van der Waals surface area contributed by atoms with Crippen molar-refractivity contribution in [3.8, 4) is 0 Å². The topological polar surface area (TPSA) is 71.5 Å². The highest BCUT2D eigenvalue weighted by atomic mass is 35.5. The van der Waals surface area contributed by atoms with Crippen LogP contribution in [0.25, 0.3) is 0 Å². The summed E-state index contributed by atoms with van der Waals surface area (Å²) in [6.07, 6.45) is -3.51. The smallest absolute Gasteiger partial charge is 0.229 e. The van der Waals surface area contributed by atoms with Crippen LogP contribution in [0.2, 0.25) is 5.02 Å². The van der Waals surface area contributed by atoms with Crippen LogP contribution in [0.4, 0.5) is 13.2 Å². The molecule has 1 atom stereocenters. The van der Waals surface area contributed by atoms with Crippen LogP contribution in [0.3, 0.4) is 0 Å². The molecule has 1 aliphatic heterocycles. The molecule has 1 aliphatic carbocycles. The molecule has 1 aromatic rings. The highest BCUT2D eigenvalue weighted by Gasteiger charge is 2.46. The van der Waals surface area contributed by atoms with Gasteiger partial charge in [0.25, 0.3) is 0 Å². The molecule has 2 aliphatic rings. The third kappa shape index (κ3) is 3.81. The first kappa shape index (κ1) is 18.9. The Balaban J connectivity index is 2.02. The van der Waals surface area contributed by atoms with E-state index in [9.17, 15) is 30.0 Å². The maximum atomic E-state index is 13.0. The van der Waals surface area contributed by atoms with Crippen LogP contribution < -0.4 is 0 Å². The minimum Gasteiger partial charge on any atom is -0.229 e. The van der Waals surface area contributed by atoms with Gasteiger partial charge in [0.1, 0.15) is 0 Å². The number of alkyl halides is 3. The van der Waals surface area contributed by atoms with Gasteiger partial charge in [-0.2, -0.15) is 17.5 Å². The summed E-state index contributed by atoms with van der Waals surface area (Å²) < 4.78 is 89.4. The van der Waals surface area contributed by atoms with E-state index in [-0.39, 0.29) is 24.0 Å². The molecule has 1 saturated heterocycles. The molecule has 0 radical (unpaired) electrons. The van der Waals surface area contributed by atoms with Gasteiger partial charge >= 0.3 is 6.18 Å². The number of halogens is 4. The second-order valence-corrected chi connectivity index (χ2v) is 10.7. The molecule has 25 heavy (non-hydrogen) atoms. The van der Waals surface area contributed by atoms with E-state index < -0.39 is 47.6 Å². The molecule has 0 bridgehead atoms. The molecule has 3 rings (SSSR count). The largest absolute Gasteiger partial charge is 0.417 e. The van der Waals surface area contributed by atoms with Gasteiger partial charge in [-0.1, -0.05) is 11.6 Å². The van der Waals surface area contributed by atoms with Crippen molar-refractivity contribution in [2.24, 2.45) is 0 Å². The van der Waals surface area contributed by atoms with E-state index in [0.29, 0.717) is 18.9 Å². The predicted octanol–water partition coefficient (Wildman–Crippen LogP) is 2.70. The molecule has 2 fully saturated rings. The molecule has 0 N–H and O–H groups in total. The second-order valence-electron chi connectivity index (χ2n) is 6.26. The van der Waals surface area contributed by atoms with Crippen molar-refractivity contribution in [3.63, 3.8) is 0 Å². The van der Waals surface area contributed by atoms with E-state index in [1.165, 1.54) is 0 Å². The fraction of sp³-hybridized carbons (Fsp3) is 0.571. The lowest BCUT2D eigenvalue weighted by molar-refractivity contribution is -0.137. The van der Waals surface area contributed by atoms with Gasteiger partial charge in [0, 0.05) is 12.1 Å². The number of benzene rings is 1. The van der Waals surface area contributed by atoms with E-state index in [1.807, 2.05) is 0 Å². The van der Waals surface area contributed by atoms with Gasteiger partial charge in [-0.05, 0) is 37.5 Å². The maximum Gasteiger partial charge on any atom is 0.417 e. The lowest BCUT2D eigenvalue weighted by atomic mass is 10.2. The molecular weight excluding hydrogens is 403 g/mol. The summed E-state index contributed by atoms with van der Waals surface area (Å²) in [6.45, 7) is 0. The summed E-state index contributed by atoms with van der Waals surface area (Å²) in [4.78, 5) is -0.527. The summed E-state index contributed by atoms with van der Waals surface area (Å²) in [5.74, 6) is -0.423. The zero-order chi connectivity index (χ0) is 18.6. The highest BCUT2D eigenvalue weighted by molar-refractivity contribution is 7.92. The van der Waals surface area contributed by atoms with Crippen LogP contribution in [0, 0.1) is 0 Å². The molecule has 1 heterocycles. The zero-order valence-corrected chi connectivity index (χ0v) is 15.2. The molecule has 140 valence electrons. The van der Waals surface area contributed by atoms with Crippen LogP contribution in [0.5, 0.6) is 0 Å². The van der Waals surface area contributed by atoms with E-state index in [1.54, 1.807) is 0 Å². The Labute approximate surface area is 148 Å². The zero-order valence-electron chi connectivity index (χ0n) is 12.8. The number of sulfone groups is 1. The average molecular weight is 418 g/mol. The van der Waals surface area contributed by atoms with Gasteiger partial charge in [0.05, 0.1) is 27.0 Å². The molecule has 0 unspecified atom stereocenters. The minimum atomic E-state index is -4.79. The summed E-state index contributed by atoms with van der Waals surface area (Å²) in [6, 6.07) is 1.32. The lowest BCUT2D eigenvalue weighted by Crippen LogP contribution is -2.42. The van der Waals surface area contributed by atoms with Crippen LogP contribution in [0.1, 0.15) is 24.8 Å². The maximum absolute atomic E-state index is 13.0. The third-order valence-corrected chi connectivity index (χ3v) is 8.37. The van der Waals surface area contributed by atoms with Crippen molar-refractivity contribution in [3.05, 3.63) is 28.8 Å². The first-order chi connectivity index (χ1) is 11.4. The van der Waals surface area contributed by atoms with Gasteiger partial charge < -0.3 is 0 Å². The molecular formula is C14H15ClF3NO4S2. The van der Waals surface area contributed by atoms with E-state index >= 15 is 0 Å². The van der Waals surface area contributed by atoms with Gasteiger partial charge in [-0.3, -0.25) is 0 Å². The van der Waals surface area contributed by atoms with Crippen LogP contribution >= 0.6 is 11.6 Å². The number of nitrogens with zero attached hydrogens (tertiary/aromatic N) is 1. The monoisotopic (exact) mass is 417 g/mol. The van der Waals surface area contributed by atoms with Crippen molar-refractivity contribution in [1.82, 2.24) is 4.31 Å². The first-order valence-electron chi connectivity index (χ1n) is 7.52. The van der Waals surface area contributed by atoms with Gasteiger partial charge in [-0.15, -0.1) is 0 Å². The van der Waals surface area contributed by atoms with Crippen LogP contribution in [-0.2, 0) is 26.0 Å². The van der Waals surface area contributed by atoms with Crippen molar-refractivity contribution < 1.29 is 30.0 Å². The van der Waals surface area contributed by atoms with Crippen molar-refractivity contribution in [2.45, 2.75) is 42.4 Å². The Morgan fingerprint density at radius 1 is 1.12 bits per heavy atom. The quantitative estimate of drug-likeness (QED) is 0.755. The molecule has 0 spiro atoms. The summed E-state index contributed by atoms with van der Waals surface area (Å²) >= 11 is 5.54. The Morgan fingerprint density at radius 3 is 2.24 bits per heavy atom. The fourth-order valence-electron chi connectivity index (χ4n) is 3.00. The highest BCUT2D eigenvalue weighted by Crippen LogP contribution is 2.40. The van der Waals surface area contributed by atoms with Gasteiger partial charge in [-0.25, -0.2) is 16.8 Å². The summed E-state index contributed by atoms with van der Waals surface area (Å²) in [7, 11) is -7.59. The lowest BCUT2D eigenvalue weighted by Gasteiger charge is -2.27. The first-order valence-corrected chi connectivity index (χ1v) is 11.2. The SMILES string of the molecule is O=S1(=O)CC[C@@H](N(C2CC2)S(=O)(=O)c2ccc(Cl)c(C(F)(F)F)c2)C1. The van der Waals surface area contributed by atoms with Crippen LogP contribution in [0.15, 0.2) is 23.1 Å². The second kappa shape index (κ2) is 6.11. The number of hydrogen-bond acceptors (Lipinski definition) is 4. The Hall–Kier alpha value is -0.840. The van der Waals surface area contributed by atoms with Crippen molar-refractivity contribution >= 4 is 31.5 Å². The Bertz CT molecular complexity index is 895. The molecule has 0 amide bonds. The third-order valence-electron chi connectivity index (χ3n) is 4.29. The summed E-state index contributed by atoms with van der Waals surface area (Å²) in [5, 5.41) is -0.590. The molecule has 11 heteroatoms. The Morgan fingerprint density at radius 2 is 1.76 bits per heavy atom. The Kier molecular flexibility index (Phi) is 4.62. The molecule has 5 nitrogen and oxygen atoms in total. The summed E-state index contributed by atoms with van der Waals surface area (Å²) in [5.41, 5.74) is -1.23.